The topological polar surface area (TPSA) is 73.9 Å². The molecule has 1 aliphatic heterocycles. The minimum absolute atomic E-state index is 0. The number of likely N-dealkylation sites (tertiary alicyclic amines) is 1. The summed E-state index contributed by atoms with van der Waals surface area (Å²) in [6.07, 6.45) is 1.57. The Hall–Kier alpha value is -1.64. The third kappa shape index (κ3) is 6.79. The molecule has 0 saturated carbocycles. The van der Waals surface area contributed by atoms with E-state index in [2.05, 4.69) is 40.3 Å². The number of benzene rings is 2. The van der Waals surface area contributed by atoms with Gasteiger partial charge in [0.25, 0.3) is 0 Å². The summed E-state index contributed by atoms with van der Waals surface area (Å²) in [7, 11) is 0. The first-order chi connectivity index (χ1) is 12.6. The second-order valence-corrected chi connectivity index (χ2v) is 6.97. The highest BCUT2D eigenvalue weighted by atomic mass is 127. The van der Waals surface area contributed by atoms with Crippen molar-refractivity contribution in [1.29, 1.82) is 0 Å². The van der Waals surface area contributed by atoms with Crippen molar-refractivity contribution in [2.45, 2.75) is 39.0 Å². The summed E-state index contributed by atoms with van der Waals surface area (Å²) in [5, 5.41) is 12.8. The molecule has 0 unspecified atom stereocenters. The number of hydrogen-bond acceptors (Lipinski definition) is 3. The Morgan fingerprint density at radius 3 is 2.41 bits per heavy atom. The molecule has 0 radical (unpaired) electrons. The Labute approximate surface area is 178 Å². The van der Waals surface area contributed by atoms with Crippen LogP contribution in [0.4, 0.5) is 5.69 Å². The molecule has 5 nitrogen and oxygen atoms in total. The Bertz CT molecular complexity index is 740. The van der Waals surface area contributed by atoms with E-state index < -0.39 is 0 Å². The third-order valence-electron chi connectivity index (χ3n) is 4.81. The van der Waals surface area contributed by atoms with E-state index in [4.69, 9.17) is 5.73 Å². The first kappa shape index (κ1) is 21.7. The van der Waals surface area contributed by atoms with Crippen molar-refractivity contribution in [2.75, 3.05) is 18.4 Å². The number of aliphatic imine (C=N–C) groups is 1. The number of aryl methyl sites for hydroxylation is 1. The molecule has 0 atom stereocenters. The minimum Gasteiger partial charge on any atom is -0.393 e. The average molecular weight is 480 g/mol. The number of halogens is 1. The second-order valence-electron chi connectivity index (χ2n) is 6.97. The standard InChI is InChI=1S/C21H28N4O.HI/c1-16-6-8-19(9-7-16)24-21(22)23-14-17-4-2-3-5-18(17)15-25-12-10-20(26)11-13-25;/h2-9,20,26H,10-15H2,1H3,(H3,22,23,24);1H. The average Bonchev–Trinajstić information content (AvgIpc) is 2.65. The Kier molecular flexibility index (Phi) is 8.53. The van der Waals surface area contributed by atoms with Crippen LogP contribution in [0.2, 0.25) is 0 Å². The molecule has 1 saturated heterocycles. The summed E-state index contributed by atoms with van der Waals surface area (Å²) < 4.78 is 0. The summed E-state index contributed by atoms with van der Waals surface area (Å²) in [5.41, 5.74) is 10.7. The summed E-state index contributed by atoms with van der Waals surface area (Å²) in [5.74, 6) is 0.421. The first-order valence-electron chi connectivity index (χ1n) is 9.21. The second kappa shape index (κ2) is 10.6. The van der Waals surface area contributed by atoms with Gasteiger partial charge in [-0.05, 0) is 43.0 Å². The van der Waals surface area contributed by atoms with Gasteiger partial charge in [-0.15, -0.1) is 24.0 Å². The molecule has 2 aromatic carbocycles. The highest BCUT2D eigenvalue weighted by molar-refractivity contribution is 14.0. The molecule has 146 valence electrons. The quantitative estimate of drug-likeness (QED) is 0.348. The number of aliphatic hydroxyl groups excluding tert-OH is 1. The predicted octanol–water partition coefficient (Wildman–Crippen LogP) is 3.50. The lowest BCUT2D eigenvalue weighted by Crippen LogP contribution is -2.35. The van der Waals surface area contributed by atoms with Crippen LogP contribution in [0, 0.1) is 6.92 Å². The maximum absolute atomic E-state index is 9.66. The fourth-order valence-electron chi connectivity index (χ4n) is 3.18. The molecule has 0 amide bonds. The third-order valence-corrected chi connectivity index (χ3v) is 4.81. The van der Waals surface area contributed by atoms with Crippen LogP contribution in [0.15, 0.2) is 53.5 Å². The molecule has 6 heteroatoms. The highest BCUT2D eigenvalue weighted by Gasteiger charge is 2.17. The summed E-state index contributed by atoms with van der Waals surface area (Å²) in [6.45, 7) is 5.38. The van der Waals surface area contributed by atoms with Crippen molar-refractivity contribution >= 4 is 35.6 Å². The molecule has 27 heavy (non-hydrogen) atoms. The molecule has 1 aliphatic rings. The van der Waals surface area contributed by atoms with E-state index in [1.54, 1.807) is 0 Å². The zero-order chi connectivity index (χ0) is 18.4. The van der Waals surface area contributed by atoms with Gasteiger partial charge in [-0.3, -0.25) is 4.90 Å². The van der Waals surface area contributed by atoms with Crippen LogP contribution in [0.3, 0.4) is 0 Å². The minimum atomic E-state index is -0.140. The predicted molar refractivity (Wildman–Crippen MR) is 123 cm³/mol. The lowest BCUT2D eigenvalue weighted by Gasteiger charge is -2.30. The van der Waals surface area contributed by atoms with Gasteiger partial charge >= 0.3 is 0 Å². The maximum atomic E-state index is 9.66. The number of nitrogens with two attached hydrogens (primary N) is 1. The smallest absolute Gasteiger partial charge is 0.193 e. The van der Waals surface area contributed by atoms with Crippen LogP contribution < -0.4 is 11.1 Å². The van der Waals surface area contributed by atoms with Gasteiger partial charge in [0.05, 0.1) is 12.6 Å². The van der Waals surface area contributed by atoms with Gasteiger partial charge in [0.1, 0.15) is 0 Å². The van der Waals surface area contributed by atoms with Gasteiger partial charge in [-0.2, -0.15) is 0 Å². The maximum Gasteiger partial charge on any atom is 0.193 e. The van der Waals surface area contributed by atoms with Crippen molar-refractivity contribution in [3.05, 3.63) is 65.2 Å². The molecule has 4 N–H and O–H groups in total. The number of nitrogens with one attached hydrogen (secondary N) is 1. The van der Waals surface area contributed by atoms with E-state index in [-0.39, 0.29) is 30.1 Å². The number of piperidine rings is 1. The monoisotopic (exact) mass is 480 g/mol. The fourth-order valence-corrected chi connectivity index (χ4v) is 3.18. The molecule has 1 heterocycles. The van der Waals surface area contributed by atoms with E-state index in [9.17, 15) is 5.11 Å². The lowest BCUT2D eigenvalue weighted by atomic mass is 10.0. The largest absolute Gasteiger partial charge is 0.393 e. The van der Waals surface area contributed by atoms with Crippen molar-refractivity contribution in [1.82, 2.24) is 4.90 Å². The molecular formula is C21H29IN4O. The lowest BCUT2D eigenvalue weighted by molar-refractivity contribution is 0.0791. The summed E-state index contributed by atoms with van der Waals surface area (Å²) in [4.78, 5) is 6.89. The van der Waals surface area contributed by atoms with Gasteiger partial charge in [0, 0.05) is 25.3 Å². The Balaban J connectivity index is 0.00000261. The van der Waals surface area contributed by atoms with Gasteiger partial charge in [-0.1, -0.05) is 42.0 Å². The SMILES string of the molecule is Cc1ccc(NC(N)=NCc2ccccc2CN2CCC(O)CC2)cc1.I. The Morgan fingerprint density at radius 1 is 1.11 bits per heavy atom. The van der Waals surface area contributed by atoms with E-state index in [0.29, 0.717) is 12.5 Å². The van der Waals surface area contributed by atoms with Crippen LogP contribution in [0.25, 0.3) is 0 Å². The highest BCUT2D eigenvalue weighted by Crippen LogP contribution is 2.17. The zero-order valence-corrected chi connectivity index (χ0v) is 18.1. The van der Waals surface area contributed by atoms with Crippen molar-refractivity contribution < 1.29 is 5.11 Å². The van der Waals surface area contributed by atoms with Gasteiger partial charge in [0.15, 0.2) is 5.96 Å². The van der Waals surface area contributed by atoms with Crippen LogP contribution in [0.5, 0.6) is 0 Å². The van der Waals surface area contributed by atoms with Crippen LogP contribution >= 0.6 is 24.0 Å². The summed E-state index contributed by atoms with van der Waals surface area (Å²) in [6, 6.07) is 16.4. The van der Waals surface area contributed by atoms with E-state index in [1.165, 1.54) is 16.7 Å². The fraction of sp³-hybridized carbons (Fsp3) is 0.381. The number of anilines is 1. The van der Waals surface area contributed by atoms with Crippen molar-refractivity contribution in [2.24, 2.45) is 10.7 Å². The number of hydrogen-bond donors (Lipinski definition) is 3. The number of aliphatic hydroxyl groups is 1. The molecule has 0 bridgehead atoms. The number of nitrogens with zero attached hydrogens (tertiary/aromatic N) is 2. The molecule has 2 aromatic rings. The van der Waals surface area contributed by atoms with Crippen LogP contribution in [-0.4, -0.2) is 35.2 Å². The number of guanidine groups is 1. The van der Waals surface area contributed by atoms with E-state index >= 15 is 0 Å². The van der Waals surface area contributed by atoms with Gasteiger partial charge in [0.2, 0.25) is 0 Å². The van der Waals surface area contributed by atoms with Crippen LogP contribution in [-0.2, 0) is 13.1 Å². The molecular weight excluding hydrogens is 451 g/mol. The van der Waals surface area contributed by atoms with Crippen molar-refractivity contribution in [3.63, 3.8) is 0 Å². The molecule has 0 aromatic heterocycles. The molecule has 3 rings (SSSR count). The molecule has 0 spiro atoms. The van der Waals surface area contributed by atoms with Gasteiger partial charge < -0.3 is 16.2 Å². The van der Waals surface area contributed by atoms with Crippen molar-refractivity contribution in [3.8, 4) is 0 Å². The first-order valence-corrected chi connectivity index (χ1v) is 9.21. The zero-order valence-electron chi connectivity index (χ0n) is 15.8. The van der Waals surface area contributed by atoms with Gasteiger partial charge in [-0.25, -0.2) is 4.99 Å². The van der Waals surface area contributed by atoms with E-state index in [0.717, 1.165) is 38.2 Å². The van der Waals surface area contributed by atoms with E-state index in [1.807, 2.05) is 30.3 Å². The Morgan fingerprint density at radius 2 is 1.74 bits per heavy atom. The molecule has 0 aliphatic carbocycles. The van der Waals surface area contributed by atoms with Crippen LogP contribution in [0.1, 0.15) is 29.5 Å². The normalized spacial score (nSPS) is 16.0. The number of rotatable bonds is 5. The summed E-state index contributed by atoms with van der Waals surface area (Å²) >= 11 is 0. The molecule has 1 fully saturated rings.